The predicted molar refractivity (Wildman–Crippen MR) is 90.3 cm³/mol. The number of unbranched alkanes of at least 4 members (excludes halogenated alkanes) is 5. The maximum atomic E-state index is 6.00. The van der Waals surface area contributed by atoms with Gasteiger partial charge < -0.3 is 10.1 Å². The van der Waals surface area contributed by atoms with Crippen LogP contribution in [-0.4, -0.2) is 13.7 Å². The summed E-state index contributed by atoms with van der Waals surface area (Å²) in [4.78, 5) is 0. The predicted octanol–water partition coefficient (Wildman–Crippen LogP) is 5.22. The molecule has 0 spiro atoms. The molecule has 1 aromatic carbocycles. The van der Waals surface area contributed by atoms with Crippen LogP contribution in [0.15, 0.2) is 18.2 Å². The first-order valence-electron chi connectivity index (χ1n) is 7.31. The summed E-state index contributed by atoms with van der Waals surface area (Å²) >= 11 is 6.00. The van der Waals surface area contributed by atoms with Crippen LogP contribution in [0.2, 0.25) is 5.02 Å². The van der Waals surface area contributed by atoms with Crippen LogP contribution in [-0.2, 0) is 6.54 Å². The third-order valence-corrected chi connectivity index (χ3v) is 3.50. The van der Waals surface area contributed by atoms with Crippen LogP contribution in [0.1, 0.15) is 51.0 Å². The molecule has 0 aliphatic rings. The summed E-state index contributed by atoms with van der Waals surface area (Å²) in [6.45, 7) is 4.13. The first-order chi connectivity index (χ1) is 9.27. The van der Waals surface area contributed by atoms with Gasteiger partial charge in [-0.3, -0.25) is 0 Å². The zero-order valence-electron chi connectivity index (χ0n) is 12.6. The molecule has 0 atom stereocenters. The van der Waals surface area contributed by atoms with Crippen LogP contribution in [0.4, 0.5) is 0 Å². The van der Waals surface area contributed by atoms with Crippen molar-refractivity contribution in [2.45, 2.75) is 52.0 Å². The molecule has 0 saturated heterocycles. The van der Waals surface area contributed by atoms with Crippen molar-refractivity contribution < 1.29 is 4.74 Å². The first-order valence-corrected chi connectivity index (χ1v) is 7.69. The molecule has 1 rings (SSSR count). The van der Waals surface area contributed by atoms with Crippen molar-refractivity contribution in [3.8, 4) is 5.75 Å². The van der Waals surface area contributed by atoms with Gasteiger partial charge in [0.15, 0.2) is 0 Å². The quantitative estimate of drug-likeness (QED) is 0.597. The molecule has 0 aliphatic heterocycles. The van der Waals surface area contributed by atoms with Crippen molar-refractivity contribution in [1.82, 2.24) is 5.32 Å². The standard InChI is InChI=1S/C16H26ClNO.ClH/c1-3-4-5-6-7-8-11-18-13-14-12-15(17)9-10-16(14)19-2;/h9-10,12,18H,3-8,11,13H2,1-2H3;1H. The average molecular weight is 320 g/mol. The molecule has 1 N–H and O–H groups in total. The summed E-state index contributed by atoms with van der Waals surface area (Å²) in [5, 5.41) is 4.22. The van der Waals surface area contributed by atoms with Gasteiger partial charge in [0.2, 0.25) is 0 Å². The SMILES string of the molecule is CCCCCCCCNCc1cc(Cl)ccc1OC.Cl. The van der Waals surface area contributed by atoms with Crippen molar-refractivity contribution in [2.24, 2.45) is 0 Å². The normalized spacial score (nSPS) is 10.2. The molecule has 0 unspecified atom stereocenters. The Hall–Kier alpha value is -0.440. The molecule has 4 heteroatoms. The Kier molecular flexibility index (Phi) is 12.0. The third kappa shape index (κ3) is 7.98. The molecular formula is C16H27Cl2NO. The number of nitrogens with one attached hydrogen (secondary N) is 1. The van der Waals surface area contributed by atoms with Crippen molar-refractivity contribution in [1.29, 1.82) is 0 Å². The largest absolute Gasteiger partial charge is 0.496 e. The summed E-state index contributed by atoms with van der Waals surface area (Å²) in [6.07, 6.45) is 7.97. The van der Waals surface area contributed by atoms with Crippen LogP contribution in [0, 0.1) is 0 Å². The summed E-state index contributed by atoms with van der Waals surface area (Å²) in [7, 11) is 1.69. The molecule has 0 saturated carbocycles. The average Bonchev–Trinajstić information content (AvgIpc) is 2.42. The Morgan fingerprint density at radius 1 is 1.10 bits per heavy atom. The van der Waals surface area contributed by atoms with Crippen molar-refractivity contribution in [2.75, 3.05) is 13.7 Å². The molecule has 2 nitrogen and oxygen atoms in total. The van der Waals surface area contributed by atoms with Gasteiger partial charge in [-0.1, -0.05) is 50.6 Å². The Morgan fingerprint density at radius 3 is 2.50 bits per heavy atom. The third-order valence-electron chi connectivity index (χ3n) is 3.27. The highest BCUT2D eigenvalue weighted by atomic mass is 35.5. The summed E-state index contributed by atoms with van der Waals surface area (Å²) in [5.41, 5.74) is 1.13. The monoisotopic (exact) mass is 319 g/mol. The fraction of sp³-hybridized carbons (Fsp3) is 0.625. The van der Waals surface area contributed by atoms with Gasteiger partial charge in [0, 0.05) is 17.1 Å². The second-order valence-corrected chi connectivity index (χ2v) is 5.34. The fourth-order valence-corrected chi connectivity index (χ4v) is 2.33. The van der Waals surface area contributed by atoms with Crippen molar-refractivity contribution in [3.05, 3.63) is 28.8 Å². The lowest BCUT2D eigenvalue weighted by molar-refractivity contribution is 0.407. The van der Waals surface area contributed by atoms with Gasteiger partial charge in [-0.15, -0.1) is 12.4 Å². The second-order valence-electron chi connectivity index (χ2n) is 4.90. The number of halogens is 2. The van der Waals surface area contributed by atoms with E-state index in [1.165, 1.54) is 38.5 Å². The minimum absolute atomic E-state index is 0. The van der Waals surface area contributed by atoms with Gasteiger partial charge in [0.05, 0.1) is 7.11 Å². The minimum Gasteiger partial charge on any atom is -0.496 e. The van der Waals surface area contributed by atoms with E-state index < -0.39 is 0 Å². The van der Waals surface area contributed by atoms with E-state index in [1.54, 1.807) is 7.11 Å². The summed E-state index contributed by atoms with van der Waals surface area (Å²) < 4.78 is 5.32. The molecule has 0 amide bonds. The Labute approximate surface area is 134 Å². The highest BCUT2D eigenvalue weighted by Crippen LogP contribution is 2.22. The van der Waals surface area contributed by atoms with Gasteiger partial charge in [-0.2, -0.15) is 0 Å². The number of methoxy groups -OCH3 is 1. The highest BCUT2D eigenvalue weighted by Gasteiger charge is 2.03. The number of hydrogen-bond donors (Lipinski definition) is 1. The van der Waals surface area contributed by atoms with Gasteiger partial charge in [0.25, 0.3) is 0 Å². The summed E-state index contributed by atoms with van der Waals surface area (Å²) in [6, 6.07) is 5.75. The van der Waals surface area contributed by atoms with E-state index in [0.717, 1.165) is 29.4 Å². The molecule has 0 radical (unpaired) electrons. The van der Waals surface area contributed by atoms with E-state index in [0.29, 0.717) is 0 Å². The highest BCUT2D eigenvalue weighted by molar-refractivity contribution is 6.30. The number of hydrogen-bond acceptors (Lipinski definition) is 2. The van der Waals surface area contributed by atoms with Crippen LogP contribution < -0.4 is 10.1 Å². The second kappa shape index (κ2) is 12.3. The fourth-order valence-electron chi connectivity index (χ4n) is 2.14. The molecule has 1 aromatic rings. The topological polar surface area (TPSA) is 21.3 Å². The number of rotatable bonds is 10. The van der Waals surface area contributed by atoms with E-state index in [9.17, 15) is 0 Å². The number of benzene rings is 1. The van der Waals surface area contributed by atoms with Gasteiger partial charge in [-0.05, 0) is 31.2 Å². The van der Waals surface area contributed by atoms with Crippen molar-refractivity contribution >= 4 is 24.0 Å². The van der Waals surface area contributed by atoms with E-state index in [-0.39, 0.29) is 12.4 Å². The molecule has 0 aromatic heterocycles. The van der Waals surface area contributed by atoms with Crippen LogP contribution >= 0.6 is 24.0 Å². The first kappa shape index (κ1) is 19.6. The zero-order valence-corrected chi connectivity index (χ0v) is 14.2. The molecule has 0 aliphatic carbocycles. The lowest BCUT2D eigenvalue weighted by Gasteiger charge is -2.10. The summed E-state index contributed by atoms with van der Waals surface area (Å²) in [5.74, 6) is 0.903. The van der Waals surface area contributed by atoms with Gasteiger partial charge in [-0.25, -0.2) is 0 Å². The van der Waals surface area contributed by atoms with Crippen LogP contribution in [0.3, 0.4) is 0 Å². The molecule has 116 valence electrons. The molecule has 20 heavy (non-hydrogen) atoms. The lowest BCUT2D eigenvalue weighted by Crippen LogP contribution is -2.15. The van der Waals surface area contributed by atoms with Crippen LogP contribution in [0.25, 0.3) is 0 Å². The van der Waals surface area contributed by atoms with E-state index >= 15 is 0 Å². The Morgan fingerprint density at radius 2 is 1.80 bits per heavy atom. The molecular weight excluding hydrogens is 293 g/mol. The van der Waals surface area contributed by atoms with E-state index in [4.69, 9.17) is 16.3 Å². The van der Waals surface area contributed by atoms with E-state index in [2.05, 4.69) is 12.2 Å². The molecule has 0 heterocycles. The van der Waals surface area contributed by atoms with Crippen molar-refractivity contribution in [3.63, 3.8) is 0 Å². The Balaban J connectivity index is 0.00000361. The van der Waals surface area contributed by atoms with E-state index in [1.807, 2.05) is 18.2 Å². The minimum atomic E-state index is 0. The molecule has 0 fully saturated rings. The van der Waals surface area contributed by atoms with Crippen LogP contribution in [0.5, 0.6) is 5.75 Å². The molecule has 0 bridgehead atoms. The maximum absolute atomic E-state index is 6.00. The van der Waals surface area contributed by atoms with Gasteiger partial charge in [0.1, 0.15) is 5.75 Å². The van der Waals surface area contributed by atoms with Gasteiger partial charge >= 0.3 is 0 Å². The maximum Gasteiger partial charge on any atom is 0.123 e. The lowest BCUT2D eigenvalue weighted by atomic mass is 10.1. The zero-order chi connectivity index (χ0) is 13.9. The smallest absolute Gasteiger partial charge is 0.123 e. The Bertz CT molecular complexity index is 358. The number of ether oxygens (including phenoxy) is 1.